The van der Waals surface area contributed by atoms with Crippen molar-refractivity contribution in [2.24, 2.45) is 15.6 Å². The SMILES string of the molecule is CC(=O)N1N=C(C)C2C3C(C)=NN(C(C)=O)P3C(=C(O[Si](C)(C)C(C)(C)C)C(C)(C)C)P21. The van der Waals surface area contributed by atoms with E-state index < -0.39 is 24.5 Å². The Morgan fingerprint density at radius 3 is 1.53 bits per heavy atom. The summed E-state index contributed by atoms with van der Waals surface area (Å²) in [5, 5.41) is 10.5. The molecule has 3 aliphatic heterocycles. The number of nitrogens with zero attached hydrogens (tertiary/aromatic N) is 4. The number of carbonyl (C=O) groups is 2. The van der Waals surface area contributed by atoms with Crippen LogP contribution in [0.15, 0.2) is 21.0 Å². The molecule has 0 N–H and O–H groups in total. The zero-order valence-corrected chi connectivity index (χ0v) is 24.4. The molecular formula is C22H38N4O3P2Si. The summed E-state index contributed by atoms with van der Waals surface area (Å²) >= 11 is 0. The van der Waals surface area contributed by atoms with Crippen molar-refractivity contribution in [2.45, 2.75) is 98.7 Å². The summed E-state index contributed by atoms with van der Waals surface area (Å²) in [6.45, 7) is 24.9. The first-order chi connectivity index (χ1) is 14.4. The summed E-state index contributed by atoms with van der Waals surface area (Å²) in [4.78, 5) is 25.4. The maximum Gasteiger partial charge on any atom is 0.250 e. The molecule has 32 heavy (non-hydrogen) atoms. The Balaban J connectivity index is 2.32. The van der Waals surface area contributed by atoms with E-state index in [0.717, 1.165) is 22.2 Å². The average Bonchev–Trinajstić information content (AvgIpc) is 3.21. The molecule has 7 nitrogen and oxygen atoms in total. The van der Waals surface area contributed by atoms with Gasteiger partial charge in [0.1, 0.15) is 0 Å². The first-order valence-corrected chi connectivity index (χ1v) is 16.8. The van der Waals surface area contributed by atoms with E-state index in [4.69, 9.17) is 14.6 Å². The lowest BCUT2D eigenvalue weighted by atomic mass is 9.95. The fourth-order valence-electron chi connectivity index (χ4n) is 3.97. The van der Waals surface area contributed by atoms with Crippen molar-refractivity contribution in [1.29, 1.82) is 0 Å². The van der Waals surface area contributed by atoms with Gasteiger partial charge in [0.05, 0.1) is 38.3 Å². The van der Waals surface area contributed by atoms with Crippen LogP contribution in [0.3, 0.4) is 0 Å². The average molecular weight is 497 g/mol. The number of hydrogen-bond acceptors (Lipinski definition) is 5. The van der Waals surface area contributed by atoms with Gasteiger partial charge in [-0.2, -0.15) is 10.2 Å². The minimum Gasteiger partial charge on any atom is -0.545 e. The Bertz CT molecular complexity index is 896. The molecule has 0 bridgehead atoms. The van der Waals surface area contributed by atoms with Crippen molar-refractivity contribution >= 4 is 47.7 Å². The molecule has 3 aliphatic rings. The first-order valence-electron chi connectivity index (χ1n) is 11.1. The molecule has 0 aromatic rings. The van der Waals surface area contributed by atoms with Gasteiger partial charge in [-0.3, -0.25) is 9.59 Å². The largest absolute Gasteiger partial charge is 0.545 e. The third-order valence-electron chi connectivity index (χ3n) is 6.64. The van der Waals surface area contributed by atoms with Crippen LogP contribution in [0, 0.1) is 5.41 Å². The van der Waals surface area contributed by atoms with Crippen molar-refractivity contribution in [2.75, 3.05) is 0 Å². The molecule has 4 atom stereocenters. The maximum atomic E-state index is 12.7. The van der Waals surface area contributed by atoms with Gasteiger partial charge in [-0.15, -0.1) is 0 Å². The van der Waals surface area contributed by atoms with E-state index in [1.54, 1.807) is 23.4 Å². The number of amides is 2. The summed E-state index contributed by atoms with van der Waals surface area (Å²) < 4.78 is 10.5. The van der Waals surface area contributed by atoms with Crippen LogP contribution in [0.4, 0.5) is 0 Å². The maximum absolute atomic E-state index is 12.7. The molecule has 2 amide bonds. The Morgan fingerprint density at radius 2 is 1.25 bits per heavy atom. The number of hydrazone groups is 2. The smallest absolute Gasteiger partial charge is 0.250 e. The van der Waals surface area contributed by atoms with Gasteiger partial charge >= 0.3 is 0 Å². The van der Waals surface area contributed by atoms with Gasteiger partial charge in [-0.25, -0.2) is 9.56 Å². The molecule has 1 saturated heterocycles. The van der Waals surface area contributed by atoms with E-state index in [1.807, 2.05) is 13.8 Å². The summed E-state index contributed by atoms with van der Waals surface area (Å²) in [5.74, 6) is 0.827. The standard InChI is InChI=1S/C22H38N4O3P2Si/c1-13-17-18-14(2)24-26(16(4)28)31(18)20(30(17)25(23-13)15(3)27)19(21(5,6)7)29-32(11,12)22(8,9)10/h17-18H,1-12H3. The lowest BCUT2D eigenvalue weighted by Crippen LogP contribution is -2.42. The molecule has 0 aromatic carbocycles. The first kappa shape index (κ1) is 25.5. The van der Waals surface area contributed by atoms with Crippen LogP contribution in [0.2, 0.25) is 18.1 Å². The quantitative estimate of drug-likeness (QED) is 0.258. The Morgan fingerprint density at radius 1 is 0.875 bits per heavy atom. The van der Waals surface area contributed by atoms with E-state index in [2.05, 4.69) is 54.6 Å². The molecule has 3 rings (SSSR count). The van der Waals surface area contributed by atoms with Gasteiger partial charge in [-0.1, -0.05) is 41.5 Å². The van der Waals surface area contributed by atoms with E-state index in [9.17, 15) is 9.59 Å². The lowest BCUT2D eigenvalue weighted by molar-refractivity contribution is -0.124. The van der Waals surface area contributed by atoms with Crippen molar-refractivity contribution in [1.82, 2.24) is 9.56 Å². The highest BCUT2D eigenvalue weighted by atomic mass is 31.2. The highest BCUT2D eigenvalue weighted by Gasteiger charge is 2.63. The summed E-state index contributed by atoms with van der Waals surface area (Å²) in [6, 6.07) is 0. The zero-order chi connectivity index (χ0) is 24.5. The predicted octanol–water partition coefficient (Wildman–Crippen LogP) is 6.24. The Kier molecular flexibility index (Phi) is 6.37. The number of rotatable bonds is 2. The molecule has 1 fully saturated rings. The van der Waals surface area contributed by atoms with Crippen molar-refractivity contribution in [3.05, 3.63) is 10.8 Å². The molecule has 0 radical (unpaired) electrons. The molecule has 3 heterocycles. The fourth-order valence-corrected chi connectivity index (χ4v) is 13.6. The second kappa shape index (κ2) is 7.99. The van der Waals surface area contributed by atoms with Crippen LogP contribution in [0.1, 0.15) is 69.2 Å². The molecule has 10 heteroatoms. The fraction of sp³-hybridized carbons (Fsp3) is 0.727. The predicted molar refractivity (Wildman–Crippen MR) is 137 cm³/mol. The Labute approximate surface area is 196 Å². The molecule has 0 spiro atoms. The molecule has 4 unspecified atom stereocenters. The second-order valence-electron chi connectivity index (χ2n) is 11.4. The number of allylic oxidation sites excluding steroid dienone is 1. The van der Waals surface area contributed by atoms with Crippen LogP contribution in [-0.4, -0.2) is 52.4 Å². The number of hydrogen-bond donors (Lipinski definition) is 0. The van der Waals surface area contributed by atoms with E-state index in [0.29, 0.717) is 0 Å². The third-order valence-corrected chi connectivity index (χ3v) is 17.7. The van der Waals surface area contributed by atoms with Gasteiger partial charge in [0.2, 0.25) is 20.1 Å². The highest BCUT2D eigenvalue weighted by molar-refractivity contribution is 7.86. The summed E-state index contributed by atoms with van der Waals surface area (Å²) in [7, 11) is -4.37. The molecule has 0 saturated carbocycles. The van der Waals surface area contributed by atoms with E-state index >= 15 is 0 Å². The molecule has 0 aromatic heterocycles. The molecule has 178 valence electrons. The van der Waals surface area contributed by atoms with Gasteiger partial charge in [0.15, 0.2) is 0 Å². The van der Waals surface area contributed by atoms with Gasteiger partial charge < -0.3 is 4.43 Å². The monoisotopic (exact) mass is 496 g/mol. The zero-order valence-electron chi connectivity index (χ0n) is 21.6. The molecule has 0 aliphatic carbocycles. The number of carbonyl (C=O) groups excluding carboxylic acids is 2. The van der Waals surface area contributed by atoms with Crippen molar-refractivity contribution in [3.8, 4) is 0 Å². The molecular weight excluding hydrogens is 458 g/mol. The summed E-state index contributed by atoms with van der Waals surface area (Å²) in [6.07, 6.45) is 0. The van der Waals surface area contributed by atoms with Crippen LogP contribution < -0.4 is 0 Å². The van der Waals surface area contributed by atoms with Gasteiger partial charge in [0, 0.05) is 30.7 Å². The third kappa shape index (κ3) is 4.01. The van der Waals surface area contributed by atoms with Crippen molar-refractivity contribution in [3.63, 3.8) is 0 Å². The lowest BCUT2D eigenvalue weighted by Gasteiger charge is -2.42. The van der Waals surface area contributed by atoms with Gasteiger partial charge in [0.25, 0.3) is 0 Å². The number of fused-ring (bicyclic) bond motifs is 3. The van der Waals surface area contributed by atoms with E-state index in [1.165, 1.54) is 0 Å². The minimum atomic E-state index is -2.18. The Hall–Kier alpha value is -1.10. The summed E-state index contributed by atoms with van der Waals surface area (Å²) in [5.41, 5.74) is 1.80. The highest BCUT2D eigenvalue weighted by Crippen LogP contribution is 2.83. The van der Waals surface area contributed by atoms with E-state index in [-0.39, 0.29) is 33.6 Å². The van der Waals surface area contributed by atoms with Crippen molar-refractivity contribution < 1.29 is 14.0 Å². The normalized spacial score (nSPS) is 27.8. The van der Waals surface area contributed by atoms with Crippen LogP contribution in [-0.2, 0) is 14.0 Å². The topological polar surface area (TPSA) is 74.6 Å². The minimum absolute atomic E-state index is 0.0205. The van der Waals surface area contributed by atoms with Crippen LogP contribution in [0.25, 0.3) is 0 Å². The van der Waals surface area contributed by atoms with Crippen LogP contribution >= 0.6 is 16.1 Å². The van der Waals surface area contributed by atoms with Crippen LogP contribution in [0.5, 0.6) is 0 Å². The second-order valence-corrected chi connectivity index (χ2v) is 20.7. The van der Waals surface area contributed by atoms with Gasteiger partial charge in [-0.05, 0) is 32.0 Å².